The van der Waals surface area contributed by atoms with Crippen LogP contribution < -0.4 is 4.90 Å². The Morgan fingerprint density at radius 2 is 2.32 bits per heavy atom. The third kappa shape index (κ3) is 1.81. The van der Waals surface area contributed by atoms with E-state index in [-0.39, 0.29) is 0 Å². The lowest BCUT2D eigenvalue weighted by Gasteiger charge is -2.22. The molecule has 1 saturated heterocycles. The highest BCUT2D eigenvalue weighted by molar-refractivity contribution is 5.76. The van der Waals surface area contributed by atoms with E-state index in [1.807, 2.05) is 17.9 Å². The number of aliphatic carboxylic acids is 1. The molecule has 0 radical (unpaired) electrons. The van der Waals surface area contributed by atoms with Gasteiger partial charge in [0.15, 0.2) is 0 Å². The average Bonchev–Trinajstić information content (AvgIpc) is 2.95. The Bertz CT molecular complexity index is 653. The molecule has 3 rings (SSSR count). The Balaban J connectivity index is 2.02. The van der Waals surface area contributed by atoms with Crippen LogP contribution >= 0.6 is 0 Å². The normalized spacial score (nSPS) is 23.2. The SMILES string of the molecule is Cc1cc(N2CCC(C)(C(=O)O)C2)n2ncnc2n1. The van der Waals surface area contributed by atoms with Crippen molar-refractivity contribution in [1.29, 1.82) is 0 Å². The Hall–Kier alpha value is -2.18. The van der Waals surface area contributed by atoms with Crippen molar-refractivity contribution in [3.63, 3.8) is 0 Å². The Morgan fingerprint density at radius 3 is 3.00 bits per heavy atom. The number of carbonyl (C=O) groups is 1. The highest BCUT2D eigenvalue weighted by Crippen LogP contribution is 2.33. The first-order valence-corrected chi connectivity index (χ1v) is 6.15. The van der Waals surface area contributed by atoms with Crippen molar-refractivity contribution in [2.75, 3.05) is 18.0 Å². The average molecular weight is 261 g/mol. The summed E-state index contributed by atoms with van der Waals surface area (Å²) in [5.41, 5.74) is 0.142. The van der Waals surface area contributed by atoms with E-state index in [0.717, 1.165) is 11.5 Å². The molecule has 1 aliphatic rings. The topological polar surface area (TPSA) is 83.6 Å². The summed E-state index contributed by atoms with van der Waals surface area (Å²) in [7, 11) is 0. The molecule has 1 N–H and O–H groups in total. The summed E-state index contributed by atoms with van der Waals surface area (Å²) in [5, 5.41) is 13.4. The number of nitrogens with zero attached hydrogens (tertiary/aromatic N) is 5. The number of anilines is 1. The summed E-state index contributed by atoms with van der Waals surface area (Å²) in [5.74, 6) is 0.638. The largest absolute Gasteiger partial charge is 0.481 e. The fourth-order valence-corrected chi connectivity index (χ4v) is 2.47. The molecular formula is C12H15N5O2. The Morgan fingerprint density at radius 1 is 1.53 bits per heavy atom. The van der Waals surface area contributed by atoms with E-state index in [1.54, 1.807) is 11.4 Å². The second kappa shape index (κ2) is 3.91. The molecule has 3 heterocycles. The molecule has 1 unspecified atom stereocenters. The van der Waals surface area contributed by atoms with Gasteiger partial charge in [-0.3, -0.25) is 4.79 Å². The minimum Gasteiger partial charge on any atom is -0.481 e. The van der Waals surface area contributed by atoms with Gasteiger partial charge in [0.05, 0.1) is 5.41 Å². The fraction of sp³-hybridized carbons (Fsp3) is 0.500. The van der Waals surface area contributed by atoms with Gasteiger partial charge in [0.1, 0.15) is 12.1 Å². The smallest absolute Gasteiger partial charge is 0.311 e. The molecule has 0 saturated carbocycles. The second-order valence-corrected chi connectivity index (χ2v) is 5.26. The lowest BCUT2D eigenvalue weighted by atomic mass is 9.90. The molecule has 0 aliphatic carbocycles. The van der Waals surface area contributed by atoms with Gasteiger partial charge in [-0.2, -0.15) is 14.6 Å². The zero-order valence-corrected chi connectivity index (χ0v) is 10.9. The molecule has 0 bridgehead atoms. The van der Waals surface area contributed by atoms with Crippen molar-refractivity contribution in [3.8, 4) is 0 Å². The Labute approximate surface area is 109 Å². The molecule has 1 fully saturated rings. The summed E-state index contributed by atoms with van der Waals surface area (Å²) >= 11 is 0. The van der Waals surface area contributed by atoms with Gasteiger partial charge in [0.2, 0.25) is 0 Å². The molecule has 2 aromatic heterocycles. The van der Waals surface area contributed by atoms with E-state index < -0.39 is 11.4 Å². The van der Waals surface area contributed by atoms with Crippen LogP contribution in [0.15, 0.2) is 12.4 Å². The van der Waals surface area contributed by atoms with Gasteiger partial charge in [-0.05, 0) is 20.3 Å². The summed E-state index contributed by atoms with van der Waals surface area (Å²) in [4.78, 5) is 21.7. The van der Waals surface area contributed by atoms with Gasteiger partial charge in [0.25, 0.3) is 5.78 Å². The van der Waals surface area contributed by atoms with Crippen molar-refractivity contribution in [1.82, 2.24) is 19.6 Å². The fourth-order valence-electron chi connectivity index (χ4n) is 2.47. The first kappa shape index (κ1) is 11.9. The first-order valence-electron chi connectivity index (χ1n) is 6.15. The molecular weight excluding hydrogens is 246 g/mol. The van der Waals surface area contributed by atoms with Gasteiger partial charge in [0, 0.05) is 24.8 Å². The number of aryl methyl sites for hydroxylation is 1. The molecule has 0 amide bonds. The highest BCUT2D eigenvalue weighted by Gasteiger charge is 2.41. The maximum absolute atomic E-state index is 11.3. The number of fused-ring (bicyclic) bond motifs is 1. The number of carboxylic acid groups (broad SMARTS) is 1. The van der Waals surface area contributed by atoms with Crippen molar-refractivity contribution in [2.24, 2.45) is 5.41 Å². The van der Waals surface area contributed by atoms with Gasteiger partial charge in [-0.1, -0.05) is 0 Å². The van der Waals surface area contributed by atoms with Crippen molar-refractivity contribution >= 4 is 17.6 Å². The highest BCUT2D eigenvalue weighted by atomic mass is 16.4. The molecule has 0 aromatic carbocycles. The molecule has 19 heavy (non-hydrogen) atoms. The van der Waals surface area contributed by atoms with Crippen molar-refractivity contribution in [2.45, 2.75) is 20.3 Å². The van der Waals surface area contributed by atoms with Gasteiger partial charge in [-0.15, -0.1) is 0 Å². The minimum atomic E-state index is -0.754. The lowest BCUT2D eigenvalue weighted by Crippen LogP contribution is -2.32. The number of hydrogen-bond acceptors (Lipinski definition) is 5. The number of aromatic nitrogens is 4. The summed E-state index contributed by atoms with van der Waals surface area (Å²) < 4.78 is 1.65. The van der Waals surface area contributed by atoms with Gasteiger partial charge >= 0.3 is 5.97 Å². The molecule has 0 spiro atoms. The van der Waals surface area contributed by atoms with Crippen LogP contribution in [0.3, 0.4) is 0 Å². The number of hydrogen-bond donors (Lipinski definition) is 1. The molecule has 1 aliphatic heterocycles. The van der Waals surface area contributed by atoms with Crippen LogP contribution in [0.25, 0.3) is 5.78 Å². The predicted octanol–water partition coefficient (Wildman–Crippen LogP) is 0.734. The third-order valence-corrected chi connectivity index (χ3v) is 3.67. The molecule has 100 valence electrons. The van der Waals surface area contributed by atoms with E-state index in [4.69, 9.17) is 0 Å². The lowest BCUT2D eigenvalue weighted by molar-refractivity contribution is -0.146. The standard InChI is InChI=1S/C12H15N5O2/c1-8-5-9(17-11(15-8)13-7-14-17)16-4-3-12(2,6-16)10(18)19/h5,7H,3-4,6H2,1-2H3,(H,18,19). The predicted molar refractivity (Wildman–Crippen MR) is 68.1 cm³/mol. The minimum absolute atomic E-state index is 0.473. The molecule has 1 atom stereocenters. The number of rotatable bonds is 2. The monoisotopic (exact) mass is 261 g/mol. The van der Waals surface area contributed by atoms with E-state index in [2.05, 4.69) is 15.1 Å². The van der Waals surface area contributed by atoms with Crippen molar-refractivity contribution < 1.29 is 9.90 Å². The van der Waals surface area contributed by atoms with Crippen LogP contribution in [0, 0.1) is 12.3 Å². The maximum atomic E-state index is 11.3. The third-order valence-electron chi connectivity index (χ3n) is 3.67. The van der Waals surface area contributed by atoms with Crippen LogP contribution in [0.1, 0.15) is 19.0 Å². The van der Waals surface area contributed by atoms with Crippen LogP contribution in [-0.4, -0.2) is 43.7 Å². The van der Waals surface area contributed by atoms with E-state index in [1.165, 1.54) is 6.33 Å². The van der Waals surface area contributed by atoms with Gasteiger partial charge in [-0.25, -0.2) is 4.98 Å². The van der Waals surface area contributed by atoms with Crippen LogP contribution in [-0.2, 0) is 4.79 Å². The van der Waals surface area contributed by atoms with Crippen molar-refractivity contribution in [3.05, 3.63) is 18.1 Å². The first-order chi connectivity index (χ1) is 8.99. The maximum Gasteiger partial charge on any atom is 0.311 e. The van der Waals surface area contributed by atoms with E-state index in [0.29, 0.717) is 25.3 Å². The van der Waals surface area contributed by atoms with Gasteiger partial charge < -0.3 is 10.0 Å². The van der Waals surface area contributed by atoms with Crippen LogP contribution in [0.2, 0.25) is 0 Å². The zero-order chi connectivity index (χ0) is 13.6. The summed E-state index contributed by atoms with van der Waals surface area (Å²) in [6.07, 6.45) is 2.08. The van der Waals surface area contributed by atoms with E-state index in [9.17, 15) is 9.90 Å². The summed E-state index contributed by atoms with van der Waals surface area (Å²) in [6, 6.07) is 1.91. The van der Waals surface area contributed by atoms with E-state index >= 15 is 0 Å². The quantitative estimate of drug-likeness (QED) is 0.858. The Kier molecular flexibility index (Phi) is 2.44. The molecule has 2 aromatic rings. The zero-order valence-electron chi connectivity index (χ0n) is 10.9. The number of carboxylic acids is 1. The summed E-state index contributed by atoms with van der Waals surface area (Å²) in [6.45, 7) is 4.84. The molecule has 7 heteroatoms. The molecule has 7 nitrogen and oxygen atoms in total. The second-order valence-electron chi connectivity index (χ2n) is 5.26. The van der Waals surface area contributed by atoms with Crippen LogP contribution in [0.4, 0.5) is 5.82 Å². The van der Waals surface area contributed by atoms with Crippen LogP contribution in [0.5, 0.6) is 0 Å².